The third kappa shape index (κ3) is 3.44. The third-order valence-electron chi connectivity index (χ3n) is 4.58. The van der Waals surface area contributed by atoms with E-state index in [-0.39, 0.29) is 23.3 Å². The van der Waals surface area contributed by atoms with E-state index in [1.54, 1.807) is 9.80 Å². The molecule has 0 spiro atoms. The summed E-state index contributed by atoms with van der Waals surface area (Å²) in [6.45, 7) is 4.63. The number of fused-ring (bicyclic) bond motifs is 1. The maximum absolute atomic E-state index is 12.8. The molecule has 2 fully saturated rings. The van der Waals surface area contributed by atoms with Crippen molar-refractivity contribution in [3.05, 3.63) is 18.0 Å². The van der Waals surface area contributed by atoms with Gasteiger partial charge in [0.15, 0.2) is 9.84 Å². The van der Waals surface area contributed by atoms with Gasteiger partial charge in [0.1, 0.15) is 0 Å². The number of nitrogens with zero attached hydrogens (tertiary/aromatic N) is 4. The van der Waals surface area contributed by atoms with Crippen LogP contribution >= 0.6 is 0 Å². The zero-order valence-electron chi connectivity index (χ0n) is 14.2. The largest absolute Gasteiger partial charge is 0.355 e. The SMILES string of the molecule is CCNc1ncc(C(=O)N2CCN(C(C)=O)[C@@H]3CS(=O)(=O)C[C@@H]32)cn1. The number of amides is 2. The number of carbonyl (C=O) groups is 2. The Morgan fingerprint density at radius 1 is 1.16 bits per heavy atom. The molecule has 0 bridgehead atoms. The highest BCUT2D eigenvalue weighted by Gasteiger charge is 2.49. The number of rotatable bonds is 3. The predicted molar refractivity (Wildman–Crippen MR) is 90.8 cm³/mol. The van der Waals surface area contributed by atoms with Crippen molar-refractivity contribution < 1.29 is 18.0 Å². The fourth-order valence-electron chi connectivity index (χ4n) is 3.45. The minimum Gasteiger partial charge on any atom is -0.355 e. The van der Waals surface area contributed by atoms with Crippen molar-refractivity contribution in [2.45, 2.75) is 25.9 Å². The zero-order valence-corrected chi connectivity index (χ0v) is 15.0. The van der Waals surface area contributed by atoms with Crippen LogP contribution in [0.1, 0.15) is 24.2 Å². The van der Waals surface area contributed by atoms with Crippen LogP contribution in [0.15, 0.2) is 12.4 Å². The molecule has 25 heavy (non-hydrogen) atoms. The second-order valence-electron chi connectivity index (χ2n) is 6.25. The first-order valence-corrected chi connectivity index (χ1v) is 9.99. The van der Waals surface area contributed by atoms with Crippen LogP contribution in [0.5, 0.6) is 0 Å². The molecule has 10 heteroatoms. The Hall–Kier alpha value is -2.23. The minimum atomic E-state index is -3.29. The fourth-order valence-corrected chi connectivity index (χ4v) is 5.43. The standard InChI is InChI=1S/C15H21N5O4S/c1-3-16-15-17-6-11(7-18-15)14(22)20-5-4-19(10(2)21)12-8-25(23,24)9-13(12)20/h6-7,12-13H,3-5,8-9H2,1-2H3,(H,16,17,18)/t12-,13+/m1/s1. The van der Waals surface area contributed by atoms with E-state index >= 15 is 0 Å². The van der Waals surface area contributed by atoms with Gasteiger partial charge in [0.2, 0.25) is 11.9 Å². The third-order valence-corrected chi connectivity index (χ3v) is 6.27. The average molecular weight is 367 g/mol. The van der Waals surface area contributed by atoms with Crippen LogP contribution in [0.4, 0.5) is 5.95 Å². The van der Waals surface area contributed by atoms with Crippen molar-refractivity contribution >= 4 is 27.6 Å². The van der Waals surface area contributed by atoms with Gasteiger partial charge in [0.05, 0.1) is 29.2 Å². The van der Waals surface area contributed by atoms with Gasteiger partial charge in [-0.2, -0.15) is 0 Å². The monoisotopic (exact) mass is 367 g/mol. The van der Waals surface area contributed by atoms with E-state index in [4.69, 9.17) is 0 Å². The van der Waals surface area contributed by atoms with E-state index in [0.717, 1.165) is 0 Å². The van der Waals surface area contributed by atoms with Gasteiger partial charge in [0, 0.05) is 39.0 Å². The lowest BCUT2D eigenvalue weighted by atomic mass is 10.0. The van der Waals surface area contributed by atoms with Crippen molar-refractivity contribution in [2.24, 2.45) is 0 Å². The van der Waals surface area contributed by atoms with Gasteiger partial charge in [-0.1, -0.05) is 0 Å². The van der Waals surface area contributed by atoms with Gasteiger partial charge in [-0.15, -0.1) is 0 Å². The summed E-state index contributed by atoms with van der Waals surface area (Å²) < 4.78 is 24.2. The maximum atomic E-state index is 12.8. The summed E-state index contributed by atoms with van der Waals surface area (Å²) in [5.74, 6) is -0.266. The van der Waals surface area contributed by atoms with Gasteiger partial charge < -0.3 is 15.1 Å². The van der Waals surface area contributed by atoms with E-state index in [9.17, 15) is 18.0 Å². The lowest BCUT2D eigenvalue weighted by molar-refractivity contribution is -0.133. The Kier molecular flexibility index (Phi) is 4.63. The van der Waals surface area contributed by atoms with E-state index in [0.29, 0.717) is 31.1 Å². The number of hydrogen-bond acceptors (Lipinski definition) is 7. The molecular weight excluding hydrogens is 346 g/mol. The zero-order chi connectivity index (χ0) is 18.2. The summed E-state index contributed by atoms with van der Waals surface area (Å²) in [7, 11) is -3.29. The van der Waals surface area contributed by atoms with Crippen LogP contribution < -0.4 is 5.32 Å². The number of sulfone groups is 1. The quantitative estimate of drug-likeness (QED) is 0.757. The molecule has 1 N–H and O–H groups in total. The Labute approximate surface area is 146 Å². The highest BCUT2D eigenvalue weighted by atomic mass is 32.2. The summed E-state index contributed by atoms with van der Waals surface area (Å²) in [4.78, 5) is 35.9. The van der Waals surface area contributed by atoms with Crippen LogP contribution in [0, 0.1) is 0 Å². The molecule has 0 saturated carbocycles. The van der Waals surface area contributed by atoms with Gasteiger partial charge in [-0.25, -0.2) is 18.4 Å². The maximum Gasteiger partial charge on any atom is 0.257 e. The fraction of sp³-hybridized carbons (Fsp3) is 0.600. The van der Waals surface area contributed by atoms with E-state index < -0.39 is 21.9 Å². The predicted octanol–water partition coefficient (Wildman–Crippen LogP) is -0.622. The van der Waals surface area contributed by atoms with Crippen LogP contribution in [-0.4, -0.2) is 83.2 Å². The Morgan fingerprint density at radius 2 is 1.72 bits per heavy atom. The number of piperazine rings is 1. The minimum absolute atomic E-state index is 0.100. The van der Waals surface area contributed by atoms with Crippen LogP contribution in [0.3, 0.4) is 0 Å². The molecule has 0 aromatic carbocycles. The number of nitrogens with one attached hydrogen (secondary N) is 1. The molecule has 2 aliphatic rings. The molecule has 9 nitrogen and oxygen atoms in total. The summed E-state index contributed by atoms with van der Waals surface area (Å²) in [5.41, 5.74) is 0.306. The molecule has 3 heterocycles. The Bertz CT molecular complexity index is 780. The molecular formula is C15H21N5O4S. The van der Waals surface area contributed by atoms with Gasteiger partial charge >= 0.3 is 0 Å². The second kappa shape index (κ2) is 6.58. The molecule has 2 atom stereocenters. The van der Waals surface area contributed by atoms with E-state index in [1.165, 1.54) is 19.3 Å². The van der Waals surface area contributed by atoms with Gasteiger partial charge in [-0.3, -0.25) is 9.59 Å². The van der Waals surface area contributed by atoms with Crippen LogP contribution in [-0.2, 0) is 14.6 Å². The van der Waals surface area contributed by atoms with Crippen LogP contribution in [0.2, 0.25) is 0 Å². The second-order valence-corrected chi connectivity index (χ2v) is 8.40. The van der Waals surface area contributed by atoms with Crippen molar-refractivity contribution in [1.82, 2.24) is 19.8 Å². The molecule has 3 rings (SSSR count). The van der Waals surface area contributed by atoms with Crippen LogP contribution in [0.25, 0.3) is 0 Å². The lowest BCUT2D eigenvalue weighted by Gasteiger charge is -2.43. The van der Waals surface area contributed by atoms with Crippen molar-refractivity contribution in [3.63, 3.8) is 0 Å². The number of hydrogen-bond donors (Lipinski definition) is 1. The summed E-state index contributed by atoms with van der Waals surface area (Å²) in [6.07, 6.45) is 2.87. The topological polar surface area (TPSA) is 113 Å². The van der Waals surface area contributed by atoms with E-state index in [1.807, 2.05) is 6.92 Å². The summed E-state index contributed by atoms with van der Waals surface area (Å²) in [6, 6.07) is -1.01. The van der Waals surface area contributed by atoms with E-state index in [2.05, 4.69) is 15.3 Å². The molecule has 2 saturated heterocycles. The number of anilines is 1. The molecule has 0 unspecified atom stereocenters. The lowest BCUT2D eigenvalue weighted by Crippen LogP contribution is -2.61. The average Bonchev–Trinajstić information content (AvgIpc) is 2.88. The summed E-state index contributed by atoms with van der Waals surface area (Å²) in [5, 5.41) is 2.95. The molecule has 0 radical (unpaired) electrons. The molecule has 2 amide bonds. The first-order valence-electron chi connectivity index (χ1n) is 8.17. The molecule has 0 aliphatic carbocycles. The molecule has 2 aliphatic heterocycles. The smallest absolute Gasteiger partial charge is 0.257 e. The normalized spacial score (nSPS) is 24.7. The Morgan fingerprint density at radius 3 is 2.28 bits per heavy atom. The molecule has 1 aromatic heterocycles. The highest BCUT2D eigenvalue weighted by Crippen LogP contribution is 2.28. The number of aromatic nitrogens is 2. The molecule has 1 aromatic rings. The van der Waals surface area contributed by atoms with Crippen molar-refractivity contribution in [2.75, 3.05) is 36.5 Å². The first kappa shape index (κ1) is 17.6. The highest BCUT2D eigenvalue weighted by molar-refractivity contribution is 7.91. The Balaban J connectivity index is 1.84. The summed E-state index contributed by atoms with van der Waals surface area (Å²) >= 11 is 0. The van der Waals surface area contributed by atoms with Crippen molar-refractivity contribution in [3.8, 4) is 0 Å². The van der Waals surface area contributed by atoms with Gasteiger partial charge in [0.25, 0.3) is 5.91 Å². The first-order chi connectivity index (χ1) is 11.8. The van der Waals surface area contributed by atoms with Gasteiger partial charge in [-0.05, 0) is 6.92 Å². The molecule has 136 valence electrons. The number of carbonyl (C=O) groups excluding carboxylic acids is 2. The van der Waals surface area contributed by atoms with Crippen molar-refractivity contribution in [1.29, 1.82) is 0 Å².